The third kappa shape index (κ3) is 3.32. The van der Waals surface area contributed by atoms with Crippen LogP contribution in [0.5, 0.6) is 0 Å². The highest BCUT2D eigenvalue weighted by molar-refractivity contribution is 5.98. The molecule has 0 bridgehead atoms. The van der Waals surface area contributed by atoms with Gasteiger partial charge in [0.2, 0.25) is 5.91 Å². The van der Waals surface area contributed by atoms with Gasteiger partial charge in [0, 0.05) is 17.2 Å². The lowest BCUT2D eigenvalue weighted by Crippen LogP contribution is -2.48. The zero-order valence-electron chi connectivity index (χ0n) is 13.5. The standard InChI is InChI=1S/C18H21N3O2.ClH/c19-18(9-1-2-10-18)17(22)21-14-7-5-12(6-8-14)15-11-20-16(23-15)13-3-4-13;/h5-8,11,13H,1-4,9-10,19H2,(H,21,22);1H. The van der Waals surface area contributed by atoms with E-state index < -0.39 is 5.54 Å². The van der Waals surface area contributed by atoms with Crippen molar-refractivity contribution in [2.24, 2.45) is 5.73 Å². The molecule has 2 aliphatic carbocycles. The molecule has 1 aromatic heterocycles. The fraction of sp³-hybridized carbons (Fsp3) is 0.444. The first-order chi connectivity index (χ1) is 11.1. The molecule has 5 nitrogen and oxygen atoms in total. The summed E-state index contributed by atoms with van der Waals surface area (Å²) in [7, 11) is 0. The molecule has 0 saturated heterocycles. The fourth-order valence-corrected chi connectivity index (χ4v) is 3.15. The summed E-state index contributed by atoms with van der Waals surface area (Å²) in [5.41, 5.74) is 7.19. The van der Waals surface area contributed by atoms with Crippen LogP contribution in [0.2, 0.25) is 0 Å². The topological polar surface area (TPSA) is 81.2 Å². The first kappa shape index (κ1) is 17.0. The highest BCUT2D eigenvalue weighted by Gasteiger charge is 2.37. The van der Waals surface area contributed by atoms with E-state index in [1.54, 1.807) is 6.20 Å². The van der Waals surface area contributed by atoms with Crippen LogP contribution in [0.1, 0.15) is 50.3 Å². The molecule has 1 amide bonds. The lowest BCUT2D eigenvalue weighted by atomic mass is 9.98. The molecule has 1 heterocycles. The lowest BCUT2D eigenvalue weighted by Gasteiger charge is -2.22. The zero-order chi connectivity index (χ0) is 15.9. The molecule has 0 spiro atoms. The highest BCUT2D eigenvalue weighted by atomic mass is 35.5. The number of anilines is 1. The summed E-state index contributed by atoms with van der Waals surface area (Å²) in [6, 6.07) is 7.63. The summed E-state index contributed by atoms with van der Waals surface area (Å²) in [5.74, 6) is 2.03. The van der Waals surface area contributed by atoms with E-state index in [1.807, 2.05) is 24.3 Å². The predicted molar refractivity (Wildman–Crippen MR) is 95.2 cm³/mol. The summed E-state index contributed by atoms with van der Waals surface area (Å²) in [5, 5.41) is 2.93. The van der Waals surface area contributed by atoms with E-state index >= 15 is 0 Å². The third-order valence-electron chi connectivity index (χ3n) is 4.83. The fourth-order valence-electron chi connectivity index (χ4n) is 3.15. The van der Waals surface area contributed by atoms with Crippen LogP contribution < -0.4 is 11.1 Å². The number of carbonyl (C=O) groups excluding carboxylic acids is 1. The van der Waals surface area contributed by atoms with Crippen molar-refractivity contribution < 1.29 is 9.21 Å². The highest BCUT2D eigenvalue weighted by Crippen LogP contribution is 2.40. The molecule has 3 N–H and O–H groups in total. The Bertz CT molecular complexity index is 716. The van der Waals surface area contributed by atoms with Crippen LogP contribution >= 0.6 is 12.4 Å². The second-order valence-electron chi connectivity index (χ2n) is 6.73. The number of nitrogens with zero attached hydrogens (tertiary/aromatic N) is 1. The minimum atomic E-state index is -0.706. The average Bonchev–Trinajstić information content (AvgIpc) is 3.11. The van der Waals surface area contributed by atoms with E-state index in [9.17, 15) is 4.79 Å². The van der Waals surface area contributed by atoms with Crippen molar-refractivity contribution in [2.75, 3.05) is 5.32 Å². The van der Waals surface area contributed by atoms with E-state index in [0.717, 1.165) is 48.6 Å². The van der Waals surface area contributed by atoms with Gasteiger partial charge >= 0.3 is 0 Å². The molecule has 24 heavy (non-hydrogen) atoms. The Morgan fingerprint density at radius 2 is 1.88 bits per heavy atom. The lowest BCUT2D eigenvalue weighted by molar-refractivity contribution is -0.121. The number of halogens is 1. The van der Waals surface area contributed by atoms with Crippen molar-refractivity contribution in [3.63, 3.8) is 0 Å². The number of hydrogen-bond acceptors (Lipinski definition) is 4. The van der Waals surface area contributed by atoms with Crippen LogP contribution in [-0.4, -0.2) is 16.4 Å². The largest absolute Gasteiger partial charge is 0.440 e. The van der Waals surface area contributed by atoms with Gasteiger partial charge in [0.05, 0.1) is 11.7 Å². The summed E-state index contributed by atoms with van der Waals surface area (Å²) >= 11 is 0. The third-order valence-corrected chi connectivity index (χ3v) is 4.83. The predicted octanol–water partition coefficient (Wildman–Crippen LogP) is 3.85. The van der Waals surface area contributed by atoms with Crippen LogP contribution in [0.4, 0.5) is 5.69 Å². The number of benzene rings is 1. The quantitative estimate of drug-likeness (QED) is 0.880. The molecule has 0 aliphatic heterocycles. The van der Waals surface area contributed by atoms with Crippen molar-refractivity contribution >= 4 is 24.0 Å². The summed E-state index contributed by atoms with van der Waals surface area (Å²) in [6.45, 7) is 0. The molecule has 128 valence electrons. The van der Waals surface area contributed by atoms with E-state index in [2.05, 4.69) is 10.3 Å². The normalized spacial score (nSPS) is 18.9. The van der Waals surface area contributed by atoms with E-state index in [-0.39, 0.29) is 18.3 Å². The Balaban J connectivity index is 0.00000169. The van der Waals surface area contributed by atoms with Crippen molar-refractivity contribution in [2.45, 2.75) is 50.0 Å². The molecule has 0 unspecified atom stereocenters. The summed E-state index contributed by atoms with van der Waals surface area (Å²) in [4.78, 5) is 16.6. The van der Waals surface area contributed by atoms with Gasteiger partial charge in [-0.2, -0.15) is 0 Å². The molecular weight excluding hydrogens is 326 g/mol. The van der Waals surface area contributed by atoms with Crippen molar-refractivity contribution in [3.05, 3.63) is 36.4 Å². The van der Waals surface area contributed by atoms with E-state index in [1.165, 1.54) is 12.8 Å². The Morgan fingerprint density at radius 3 is 2.50 bits per heavy atom. The Labute approximate surface area is 147 Å². The molecular formula is C18H22ClN3O2. The van der Waals surface area contributed by atoms with Gasteiger partial charge < -0.3 is 15.5 Å². The number of carbonyl (C=O) groups is 1. The Morgan fingerprint density at radius 1 is 1.21 bits per heavy atom. The molecule has 2 aromatic rings. The molecule has 2 aliphatic rings. The average molecular weight is 348 g/mol. The Hall–Kier alpha value is -1.85. The van der Waals surface area contributed by atoms with Crippen LogP contribution in [0.15, 0.2) is 34.9 Å². The number of aromatic nitrogens is 1. The smallest absolute Gasteiger partial charge is 0.244 e. The molecule has 2 saturated carbocycles. The molecule has 4 rings (SSSR count). The van der Waals surface area contributed by atoms with Gasteiger partial charge in [0.1, 0.15) is 0 Å². The van der Waals surface area contributed by atoms with Crippen LogP contribution in [0, 0.1) is 0 Å². The molecule has 6 heteroatoms. The van der Waals surface area contributed by atoms with Gasteiger partial charge in [-0.3, -0.25) is 4.79 Å². The van der Waals surface area contributed by atoms with Crippen molar-refractivity contribution in [1.82, 2.24) is 4.98 Å². The molecule has 2 fully saturated rings. The minimum absolute atomic E-state index is 0. The second kappa shape index (κ2) is 6.57. The first-order valence-electron chi connectivity index (χ1n) is 8.31. The number of hydrogen-bond donors (Lipinski definition) is 2. The Kier molecular flexibility index (Phi) is 4.65. The van der Waals surface area contributed by atoms with Gasteiger partial charge in [-0.1, -0.05) is 12.8 Å². The van der Waals surface area contributed by atoms with Gasteiger partial charge in [-0.05, 0) is 49.9 Å². The number of nitrogens with one attached hydrogen (secondary N) is 1. The van der Waals surface area contributed by atoms with Crippen LogP contribution in [-0.2, 0) is 4.79 Å². The molecule has 0 atom stereocenters. The molecule has 1 aromatic carbocycles. The maximum atomic E-state index is 12.3. The molecule has 0 radical (unpaired) electrons. The zero-order valence-corrected chi connectivity index (χ0v) is 14.3. The number of rotatable bonds is 4. The minimum Gasteiger partial charge on any atom is -0.440 e. The first-order valence-corrected chi connectivity index (χ1v) is 8.31. The van der Waals surface area contributed by atoms with Gasteiger partial charge in [-0.15, -0.1) is 12.4 Å². The van der Waals surface area contributed by atoms with Crippen molar-refractivity contribution in [1.29, 1.82) is 0 Å². The SMILES string of the molecule is Cl.NC1(C(=O)Nc2ccc(-c3cnc(C4CC4)o3)cc2)CCCC1. The van der Waals surface area contributed by atoms with E-state index in [4.69, 9.17) is 10.2 Å². The van der Waals surface area contributed by atoms with Crippen LogP contribution in [0.3, 0.4) is 0 Å². The van der Waals surface area contributed by atoms with Gasteiger partial charge in [-0.25, -0.2) is 4.98 Å². The summed E-state index contributed by atoms with van der Waals surface area (Å²) < 4.78 is 5.79. The van der Waals surface area contributed by atoms with Crippen molar-refractivity contribution in [3.8, 4) is 11.3 Å². The van der Waals surface area contributed by atoms with Gasteiger partial charge in [0.15, 0.2) is 11.7 Å². The number of nitrogens with two attached hydrogens (primary N) is 1. The monoisotopic (exact) mass is 347 g/mol. The van der Waals surface area contributed by atoms with Crippen LogP contribution in [0.25, 0.3) is 11.3 Å². The van der Waals surface area contributed by atoms with Gasteiger partial charge in [0.25, 0.3) is 0 Å². The maximum Gasteiger partial charge on any atom is 0.244 e. The number of oxazole rings is 1. The second-order valence-corrected chi connectivity index (χ2v) is 6.73. The summed E-state index contributed by atoms with van der Waals surface area (Å²) in [6.07, 6.45) is 7.69. The number of amides is 1. The van der Waals surface area contributed by atoms with E-state index in [0.29, 0.717) is 5.92 Å². The maximum absolute atomic E-state index is 12.3.